The molecule has 2 aliphatic heterocycles. The van der Waals surface area contributed by atoms with Gasteiger partial charge in [0, 0.05) is 60.9 Å². The van der Waals surface area contributed by atoms with E-state index >= 15 is 0 Å². The maximum Gasteiger partial charge on any atom is 0.261 e. The number of carbonyl (C=O) groups excluding carboxylic acids is 2. The molecule has 2 N–H and O–H groups in total. The lowest BCUT2D eigenvalue weighted by Gasteiger charge is -2.44. The van der Waals surface area contributed by atoms with Gasteiger partial charge in [0.2, 0.25) is 0 Å². The predicted octanol–water partition coefficient (Wildman–Crippen LogP) is 5.67. The Bertz CT molecular complexity index is 1730. The van der Waals surface area contributed by atoms with Crippen molar-refractivity contribution in [2.45, 2.75) is 24.6 Å². The summed E-state index contributed by atoms with van der Waals surface area (Å²) in [5.74, 6) is -1.34. The Morgan fingerprint density at radius 1 is 0.864 bits per heavy atom. The number of hydrogen-bond donors (Lipinski definition) is 2. The number of halogens is 2. The lowest BCUT2D eigenvalue weighted by atomic mass is 9.83. The number of anilines is 2. The van der Waals surface area contributed by atoms with Crippen LogP contribution in [0.1, 0.15) is 44.3 Å². The molecule has 1 fully saturated rings. The first-order valence-electron chi connectivity index (χ1n) is 14.6. The van der Waals surface area contributed by atoms with Crippen molar-refractivity contribution in [3.05, 3.63) is 129 Å². The second-order valence-electron chi connectivity index (χ2n) is 11.2. The monoisotopic (exact) mass is 614 g/mol. The van der Waals surface area contributed by atoms with Gasteiger partial charge in [-0.05, 0) is 54.3 Å². The van der Waals surface area contributed by atoms with Gasteiger partial charge in [0.25, 0.3) is 17.4 Å². The molecule has 0 spiro atoms. The Morgan fingerprint density at radius 2 is 1.64 bits per heavy atom. The predicted molar refractivity (Wildman–Crippen MR) is 169 cm³/mol. The fraction of sp³-hybridized carbons (Fsp3) is 0.265. The van der Waals surface area contributed by atoms with Gasteiger partial charge in [0.15, 0.2) is 0 Å². The minimum absolute atomic E-state index is 0.0145. The van der Waals surface area contributed by atoms with E-state index in [4.69, 9.17) is 0 Å². The van der Waals surface area contributed by atoms with Gasteiger partial charge in [0.05, 0.1) is 11.4 Å². The van der Waals surface area contributed by atoms with Crippen LogP contribution in [-0.2, 0) is 12.3 Å². The minimum Gasteiger partial charge on any atom is -0.369 e. The fourth-order valence-electron chi connectivity index (χ4n) is 6.15. The van der Waals surface area contributed by atoms with Gasteiger partial charge in [-0.2, -0.15) is 11.8 Å². The minimum atomic E-state index is -0.972. The lowest BCUT2D eigenvalue weighted by Crippen LogP contribution is -2.47. The summed E-state index contributed by atoms with van der Waals surface area (Å²) in [6.45, 7) is 2.25. The first kappa shape index (κ1) is 29.6. The van der Waals surface area contributed by atoms with Crippen molar-refractivity contribution < 1.29 is 18.4 Å². The second-order valence-corrected chi connectivity index (χ2v) is 12.3. The van der Waals surface area contributed by atoms with E-state index in [0.717, 1.165) is 35.8 Å². The Kier molecular flexibility index (Phi) is 8.79. The van der Waals surface area contributed by atoms with Crippen LogP contribution in [0.5, 0.6) is 0 Å². The summed E-state index contributed by atoms with van der Waals surface area (Å²) < 4.78 is 30.8. The van der Waals surface area contributed by atoms with Gasteiger partial charge in [0.1, 0.15) is 17.2 Å². The lowest BCUT2D eigenvalue weighted by molar-refractivity contribution is 0.0954. The Morgan fingerprint density at radius 3 is 2.43 bits per heavy atom. The average molecular weight is 615 g/mol. The first-order chi connectivity index (χ1) is 21.4. The number of fused-ring (bicyclic) bond motifs is 4. The molecule has 2 bridgehead atoms. The van der Waals surface area contributed by atoms with Gasteiger partial charge in [-0.3, -0.25) is 14.4 Å². The van der Waals surface area contributed by atoms with Crippen molar-refractivity contribution in [2.75, 3.05) is 35.6 Å². The molecular weight excluding hydrogens is 582 g/mol. The summed E-state index contributed by atoms with van der Waals surface area (Å²) in [7, 11) is 0. The molecule has 0 aliphatic carbocycles. The smallest absolute Gasteiger partial charge is 0.261 e. The van der Waals surface area contributed by atoms with Crippen LogP contribution in [0.2, 0.25) is 0 Å². The van der Waals surface area contributed by atoms with E-state index < -0.39 is 23.1 Å². The number of hydrogen-bond acceptors (Lipinski definition) is 5. The zero-order chi connectivity index (χ0) is 30.6. The van der Waals surface area contributed by atoms with Crippen LogP contribution in [0, 0.1) is 17.6 Å². The molecule has 7 nitrogen and oxygen atoms in total. The summed E-state index contributed by atoms with van der Waals surface area (Å²) in [5.41, 5.74) is 2.73. The third kappa shape index (κ3) is 6.40. The standard InChI is InChI=1S/C34H32F2N4O3S/c35-26-8-4-9-27(36)32(26)34(43)38-28-17-24(33(42)37-14-15-44-21-22-6-2-1-3-7-22)12-13-30(28)39-18-23-16-25(20-39)29-10-5-11-31(41)40(29)19-23/h1-13,17,23,25H,14-16,18-21H2,(H,37,42)(H,38,43)/t23-,25+/m1/s1. The number of pyridine rings is 1. The van der Waals surface area contributed by atoms with Crippen LogP contribution >= 0.6 is 11.8 Å². The summed E-state index contributed by atoms with van der Waals surface area (Å²) in [4.78, 5) is 40.9. The van der Waals surface area contributed by atoms with Crippen molar-refractivity contribution in [1.82, 2.24) is 9.88 Å². The van der Waals surface area contributed by atoms with Crippen molar-refractivity contribution in [3.63, 3.8) is 0 Å². The number of amides is 2. The highest BCUT2D eigenvalue weighted by molar-refractivity contribution is 7.98. The second kappa shape index (κ2) is 13.1. The van der Waals surface area contributed by atoms with Crippen molar-refractivity contribution in [1.29, 1.82) is 0 Å². The molecule has 0 unspecified atom stereocenters. The van der Waals surface area contributed by atoms with Gasteiger partial charge in [-0.25, -0.2) is 8.78 Å². The van der Waals surface area contributed by atoms with Crippen molar-refractivity contribution in [2.24, 2.45) is 5.92 Å². The van der Waals surface area contributed by atoms with E-state index in [9.17, 15) is 23.2 Å². The number of thioether (sulfide) groups is 1. The van der Waals surface area contributed by atoms with E-state index in [1.165, 1.54) is 11.6 Å². The maximum atomic E-state index is 14.5. The zero-order valence-corrected chi connectivity index (χ0v) is 24.8. The largest absolute Gasteiger partial charge is 0.369 e. The van der Waals surface area contributed by atoms with Gasteiger partial charge < -0.3 is 20.1 Å². The number of nitrogens with zero attached hydrogens (tertiary/aromatic N) is 2. The quantitative estimate of drug-likeness (QED) is 0.238. The van der Waals surface area contributed by atoms with Gasteiger partial charge in [-0.1, -0.05) is 42.5 Å². The third-order valence-corrected chi connectivity index (χ3v) is 9.19. The number of carbonyl (C=O) groups is 2. The van der Waals surface area contributed by atoms with Crippen LogP contribution in [0.15, 0.2) is 89.7 Å². The summed E-state index contributed by atoms with van der Waals surface area (Å²) in [6.07, 6.45) is 0.935. The summed E-state index contributed by atoms with van der Waals surface area (Å²) >= 11 is 1.71. The van der Waals surface area contributed by atoms with E-state index in [-0.39, 0.29) is 29.0 Å². The van der Waals surface area contributed by atoms with E-state index in [1.807, 2.05) is 28.8 Å². The molecule has 2 atom stereocenters. The van der Waals surface area contributed by atoms with Crippen LogP contribution in [-0.4, -0.2) is 41.8 Å². The Hall–Kier alpha value is -4.44. The van der Waals surface area contributed by atoms with E-state index in [2.05, 4.69) is 27.7 Å². The molecule has 4 aromatic rings. The highest BCUT2D eigenvalue weighted by atomic mass is 32.2. The van der Waals surface area contributed by atoms with Crippen molar-refractivity contribution in [3.8, 4) is 0 Å². The maximum absolute atomic E-state index is 14.5. The number of rotatable bonds is 9. The first-order valence-corrected chi connectivity index (χ1v) is 15.8. The number of aromatic nitrogens is 1. The topological polar surface area (TPSA) is 83.4 Å². The SMILES string of the molecule is O=C(NCCSCc1ccccc1)c1ccc(N2C[C@H]3C[C@@H](C2)c2cccc(=O)n2C3)c(NC(=O)c2c(F)cccc2F)c1. The molecule has 3 aromatic carbocycles. The Labute approximate surface area is 258 Å². The van der Waals surface area contributed by atoms with Gasteiger partial charge in [-0.15, -0.1) is 0 Å². The summed E-state index contributed by atoms with van der Waals surface area (Å²) in [6, 6.07) is 23.7. The fourth-order valence-corrected chi connectivity index (χ4v) is 6.97. The highest BCUT2D eigenvalue weighted by Crippen LogP contribution is 2.39. The van der Waals surface area contributed by atoms with Crippen LogP contribution in [0.25, 0.3) is 0 Å². The molecule has 3 heterocycles. The van der Waals surface area contributed by atoms with Gasteiger partial charge >= 0.3 is 0 Å². The number of nitrogens with one attached hydrogen (secondary N) is 2. The van der Waals surface area contributed by atoms with Crippen LogP contribution in [0.4, 0.5) is 20.2 Å². The molecule has 1 saturated heterocycles. The van der Waals surface area contributed by atoms with Crippen molar-refractivity contribution >= 4 is 35.0 Å². The molecule has 10 heteroatoms. The summed E-state index contributed by atoms with van der Waals surface area (Å²) in [5, 5.41) is 5.61. The molecule has 6 rings (SSSR count). The molecule has 44 heavy (non-hydrogen) atoms. The Balaban J connectivity index is 1.22. The van der Waals surface area contributed by atoms with E-state index in [1.54, 1.807) is 42.1 Å². The molecule has 1 aromatic heterocycles. The van der Waals surface area contributed by atoms with Crippen LogP contribution in [0.3, 0.4) is 0 Å². The number of benzene rings is 3. The molecule has 0 saturated carbocycles. The number of piperidine rings is 1. The third-order valence-electron chi connectivity index (χ3n) is 8.16. The highest BCUT2D eigenvalue weighted by Gasteiger charge is 2.35. The molecular formula is C34H32F2N4O3S. The van der Waals surface area contributed by atoms with Crippen LogP contribution < -0.4 is 21.1 Å². The molecule has 2 amide bonds. The zero-order valence-electron chi connectivity index (χ0n) is 24.0. The average Bonchev–Trinajstić information content (AvgIpc) is 3.01. The molecule has 226 valence electrons. The normalized spacial score (nSPS) is 17.1. The molecule has 2 aliphatic rings. The molecule has 0 radical (unpaired) electrons. The van der Waals surface area contributed by atoms with E-state index in [0.29, 0.717) is 37.4 Å².